The Hall–Kier alpha value is -2.11. The standard InChI is InChI=1S/C22H25NO2S2/c1-6-22(3,4)17-12-14-19(15-13-17)25-27(5)16(2)20(24)23(21(27)26)18-10-8-7-9-11-18/h7-15H,2,6H2,1,3-5H3. The van der Waals surface area contributed by atoms with Crippen molar-refractivity contribution < 1.29 is 8.98 Å². The van der Waals surface area contributed by atoms with E-state index >= 15 is 0 Å². The number of hydrogen-bond acceptors (Lipinski definition) is 3. The second kappa shape index (κ2) is 7.13. The number of benzene rings is 2. The molecular formula is C22H25NO2S2. The zero-order chi connectivity index (χ0) is 19.8. The van der Waals surface area contributed by atoms with Gasteiger partial charge in [-0.2, -0.15) is 0 Å². The molecule has 0 radical (unpaired) electrons. The molecule has 5 heteroatoms. The Kier molecular flexibility index (Phi) is 5.19. The number of para-hydroxylation sites is 1. The van der Waals surface area contributed by atoms with Crippen molar-refractivity contribution in [2.24, 2.45) is 0 Å². The van der Waals surface area contributed by atoms with Gasteiger partial charge in [0.05, 0.1) is 10.6 Å². The first-order valence-corrected chi connectivity index (χ1v) is 11.3. The summed E-state index contributed by atoms with van der Waals surface area (Å²) in [5, 5.41) is 0. The normalized spacial score (nSPS) is 22.7. The minimum absolute atomic E-state index is 0.113. The fourth-order valence-corrected chi connectivity index (χ4v) is 5.33. The number of nitrogens with zero attached hydrogens (tertiary/aromatic N) is 1. The highest BCUT2D eigenvalue weighted by Gasteiger charge is 2.47. The molecule has 2 aromatic carbocycles. The highest BCUT2D eigenvalue weighted by atomic mass is 32.3. The second-order valence-corrected chi connectivity index (χ2v) is 10.7. The molecule has 1 atom stereocenters. The molecule has 3 rings (SSSR count). The Morgan fingerprint density at radius 1 is 1.11 bits per heavy atom. The lowest BCUT2D eigenvalue weighted by atomic mass is 9.82. The summed E-state index contributed by atoms with van der Waals surface area (Å²) < 4.78 is 6.78. The molecule has 1 heterocycles. The fourth-order valence-electron chi connectivity index (χ4n) is 2.90. The average Bonchev–Trinajstić information content (AvgIpc) is 2.83. The van der Waals surface area contributed by atoms with Crippen LogP contribution in [0.5, 0.6) is 5.75 Å². The van der Waals surface area contributed by atoms with Gasteiger partial charge >= 0.3 is 0 Å². The summed E-state index contributed by atoms with van der Waals surface area (Å²) in [5.74, 6) is 0.516. The SMILES string of the molecule is C=C1C(=O)N(c2ccccc2)C(=S)S1(C)Oc1ccc(C(C)(C)CC)cc1. The summed E-state index contributed by atoms with van der Waals surface area (Å²) in [4.78, 5) is 14.8. The zero-order valence-electron chi connectivity index (χ0n) is 16.2. The number of hydrogen-bond donors (Lipinski definition) is 0. The monoisotopic (exact) mass is 399 g/mol. The lowest BCUT2D eigenvalue weighted by Gasteiger charge is -2.32. The third kappa shape index (κ3) is 3.42. The Morgan fingerprint density at radius 2 is 1.70 bits per heavy atom. The smallest absolute Gasteiger partial charge is 0.271 e. The van der Waals surface area contributed by atoms with E-state index < -0.39 is 10.3 Å². The summed E-state index contributed by atoms with van der Waals surface area (Å²) in [5.41, 5.74) is 2.11. The maximum absolute atomic E-state index is 12.8. The minimum atomic E-state index is -2.10. The van der Waals surface area contributed by atoms with Gasteiger partial charge in [-0.3, -0.25) is 9.69 Å². The van der Waals surface area contributed by atoms with E-state index in [2.05, 4.69) is 39.5 Å². The van der Waals surface area contributed by atoms with Gasteiger partial charge in [0.2, 0.25) is 0 Å². The predicted octanol–water partition coefficient (Wildman–Crippen LogP) is 5.95. The molecule has 1 fully saturated rings. The number of carbonyl (C=O) groups excluding carboxylic acids is 1. The van der Waals surface area contributed by atoms with Gasteiger partial charge < -0.3 is 4.18 Å². The van der Waals surface area contributed by atoms with Crippen molar-refractivity contribution in [3.05, 3.63) is 71.6 Å². The van der Waals surface area contributed by atoms with Crippen LogP contribution in [0, 0.1) is 0 Å². The maximum atomic E-state index is 12.8. The van der Waals surface area contributed by atoms with Crippen molar-refractivity contribution in [3.8, 4) is 5.75 Å². The molecule has 0 aliphatic carbocycles. The van der Waals surface area contributed by atoms with E-state index in [4.69, 9.17) is 16.4 Å². The van der Waals surface area contributed by atoms with Crippen molar-refractivity contribution in [2.45, 2.75) is 32.6 Å². The number of amides is 1. The van der Waals surface area contributed by atoms with Crippen molar-refractivity contribution in [1.29, 1.82) is 0 Å². The molecule has 1 saturated heterocycles. The molecule has 1 aliphatic heterocycles. The van der Waals surface area contributed by atoms with Crippen LogP contribution in [0.1, 0.15) is 32.8 Å². The van der Waals surface area contributed by atoms with E-state index in [-0.39, 0.29) is 11.3 Å². The minimum Gasteiger partial charge on any atom is -0.438 e. The van der Waals surface area contributed by atoms with Gasteiger partial charge in [-0.05, 0) is 64.2 Å². The topological polar surface area (TPSA) is 29.5 Å². The summed E-state index contributed by atoms with van der Waals surface area (Å²) in [6.45, 7) is 10.6. The molecule has 0 aromatic heterocycles. The van der Waals surface area contributed by atoms with Gasteiger partial charge in [0.25, 0.3) is 5.91 Å². The van der Waals surface area contributed by atoms with Crippen LogP contribution in [-0.4, -0.2) is 16.5 Å². The zero-order valence-corrected chi connectivity index (χ0v) is 17.8. The average molecular weight is 400 g/mol. The predicted molar refractivity (Wildman–Crippen MR) is 120 cm³/mol. The van der Waals surface area contributed by atoms with Crippen molar-refractivity contribution >= 4 is 38.4 Å². The van der Waals surface area contributed by atoms with E-state index in [0.717, 1.165) is 12.1 Å². The lowest BCUT2D eigenvalue weighted by molar-refractivity contribution is -0.113. The number of rotatable bonds is 5. The molecule has 3 nitrogen and oxygen atoms in total. The maximum Gasteiger partial charge on any atom is 0.271 e. The van der Waals surface area contributed by atoms with Crippen LogP contribution < -0.4 is 9.08 Å². The first kappa shape index (κ1) is 19.6. The Bertz CT molecular complexity index is 890. The lowest BCUT2D eigenvalue weighted by Crippen LogP contribution is -2.29. The number of thiocarbonyl (C=S) groups is 1. The van der Waals surface area contributed by atoms with Crippen LogP contribution in [0.15, 0.2) is 66.1 Å². The van der Waals surface area contributed by atoms with Crippen molar-refractivity contribution in [2.75, 3.05) is 11.2 Å². The van der Waals surface area contributed by atoms with Crippen molar-refractivity contribution in [3.63, 3.8) is 0 Å². The van der Waals surface area contributed by atoms with E-state index in [1.165, 1.54) is 5.56 Å². The van der Waals surface area contributed by atoms with Crippen LogP contribution in [-0.2, 0) is 10.2 Å². The highest BCUT2D eigenvalue weighted by molar-refractivity contribution is 8.50. The van der Waals surface area contributed by atoms with Gasteiger partial charge in [0.15, 0.2) is 4.32 Å². The van der Waals surface area contributed by atoms with Crippen LogP contribution in [0.2, 0.25) is 0 Å². The van der Waals surface area contributed by atoms with Gasteiger partial charge in [-0.15, -0.1) is 0 Å². The molecule has 142 valence electrons. The molecule has 0 spiro atoms. The Morgan fingerprint density at radius 3 is 2.26 bits per heavy atom. The number of anilines is 1. The highest BCUT2D eigenvalue weighted by Crippen LogP contribution is 2.60. The van der Waals surface area contributed by atoms with Crippen LogP contribution in [0.25, 0.3) is 0 Å². The number of carbonyl (C=O) groups is 1. The van der Waals surface area contributed by atoms with Gasteiger partial charge in [0, 0.05) is 6.26 Å². The summed E-state index contributed by atoms with van der Waals surface area (Å²) in [6, 6.07) is 17.5. The molecule has 1 aliphatic rings. The van der Waals surface area contributed by atoms with Crippen LogP contribution in [0.4, 0.5) is 5.69 Å². The van der Waals surface area contributed by atoms with E-state index in [1.54, 1.807) is 4.90 Å². The van der Waals surface area contributed by atoms with Crippen LogP contribution in [0.3, 0.4) is 0 Å². The first-order valence-electron chi connectivity index (χ1n) is 8.91. The molecule has 1 amide bonds. The quantitative estimate of drug-likeness (QED) is 0.460. The first-order chi connectivity index (χ1) is 12.7. The van der Waals surface area contributed by atoms with Gasteiger partial charge in [-0.1, -0.05) is 57.7 Å². The van der Waals surface area contributed by atoms with Gasteiger partial charge in [-0.25, -0.2) is 0 Å². The fraction of sp³-hybridized carbons (Fsp3) is 0.273. The molecule has 0 bridgehead atoms. The van der Waals surface area contributed by atoms with E-state index in [9.17, 15) is 4.79 Å². The summed E-state index contributed by atoms with van der Waals surface area (Å²) in [7, 11) is -2.10. The summed E-state index contributed by atoms with van der Waals surface area (Å²) in [6.07, 6.45) is 2.94. The molecule has 1 unspecified atom stereocenters. The third-order valence-electron chi connectivity index (χ3n) is 5.22. The molecule has 27 heavy (non-hydrogen) atoms. The van der Waals surface area contributed by atoms with Crippen LogP contribution >= 0.6 is 22.5 Å². The van der Waals surface area contributed by atoms with E-state index in [1.807, 2.05) is 48.7 Å². The Labute approximate surface area is 168 Å². The molecule has 0 saturated carbocycles. The molecule has 0 N–H and O–H groups in total. The molecule has 2 aromatic rings. The van der Waals surface area contributed by atoms with E-state index in [0.29, 0.717) is 15.0 Å². The molecular weight excluding hydrogens is 374 g/mol. The Balaban J connectivity index is 1.89. The van der Waals surface area contributed by atoms with Gasteiger partial charge in [0.1, 0.15) is 5.75 Å². The summed E-state index contributed by atoms with van der Waals surface area (Å²) >= 11 is 5.67. The largest absolute Gasteiger partial charge is 0.438 e. The van der Waals surface area contributed by atoms with Crippen molar-refractivity contribution in [1.82, 2.24) is 0 Å². The third-order valence-corrected chi connectivity index (χ3v) is 8.85. The second-order valence-electron chi connectivity index (χ2n) is 7.35.